The number of rotatable bonds is 9. The van der Waals surface area contributed by atoms with Crippen LogP contribution in [0.1, 0.15) is 19.8 Å². The van der Waals surface area contributed by atoms with Gasteiger partial charge in [-0.1, -0.05) is 13.3 Å². The van der Waals surface area contributed by atoms with Crippen LogP contribution in [0.2, 0.25) is 0 Å². The number of hydrogen-bond donors (Lipinski definition) is 1. The van der Waals surface area contributed by atoms with E-state index in [4.69, 9.17) is 9.47 Å². The minimum atomic E-state index is -0.525. The molecule has 2 unspecified atom stereocenters. The summed E-state index contributed by atoms with van der Waals surface area (Å²) in [6.07, 6.45) is 0.935. The molecule has 0 aromatic carbocycles. The van der Waals surface area contributed by atoms with Gasteiger partial charge in [0.05, 0.1) is 0 Å². The summed E-state index contributed by atoms with van der Waals surface area (Å²) in [6, 6.07) is 0. The Hall–Kier alpha value is -0.720. The van der Waals surface area contributed by atoms with Crippen LogP contribution in [-0.4, -0.2) is 33.3 Å². The molecular formula is C8H18N2O4. The van der Waals surface area contributed by atoms with Crippen LogP contribution >= 0.6 is 0 Å². The second kappa shape index (κ2) is 8.86. The van der Waals surface area contributed by atoms with E-state index in [1.165, 1.54) is 7.11 Å². The second-order valence-corrected chi connectivity index (χ2v) is 2.79. The first kappa shape index (κ1) is 13.3. The van der Waals surface area contributed by atoms with E-state index < -0.39 is 6.23 Å². The predicted octanol–water partition coefficient (Wildman–Crippen LogP) is 1.02. The summed E-state index contributed by atoms with van der Waals surface area (Å²) in [6.45, 7) is 2.19. The van der Waals surface area contributed by atoms with Gasteiger partial charge in [0.25, 0.3) is 0 Å². The van der Waals surface area contributed by atoms with E-state index >= 15 is 0 Å². The van der Waals surface area contributed by atoms with Crippen LogP contribution in [0.25, 0.3) is 0 Å². The fourth-order valence-electron chi connectivity index (χ4n) is 1.11. The van der Waals surface area contributed by atoms with Crippen molar-refractivity contribution in [3.05, 3.63) is 4.91 Å². The zero-order valence-corrected chi connectivity index (χ0v) is 8.86. The Kier molecular flexibility index (Phi) is 8.40. The Morgan fingerprint density at radius 1 is 1.50 bits per heavy atom. The highest BCUT2D eigenvalue weighted by molar-refractivity contribution is 4.65. The monoisotopic (exact) mass is 206 g/mol. The fourth-order valence-corrected chi connectivity index (χ4v) is 1.11. The molecule has 0 spiro atoms. The van der Waals surface area contributed by atoms with Crippen LogP contribution in [0.5, 0.6) is 0 Å². The van der Waals surface area contributed by atoms with Crippen LogP contribution in [-0.2, 0) is 14.3 Å². The van der Waals surface area contributed by atoms with Gasteiger partial charge >= 0.3 is 0 Å². The minimum absolute atomic E-state index is 0.172. The molecule has 0 bridgehead atoms. The highest BCUT2D eigenvalue weighted by Gasteiger charge is 2.22. The van der Waals surface area contributed by atoms with Gasteiger partial charge < -0.3 is 14.3 Å². The molecule has 0 saturated heterocycles. The number of nitrogens with one attached hydrogen (secondary N) is 1. The van der Waals surface area contributed by atoms with Gasteiger partial charge in [-0.25, -0.2) is 0 Å². The molecule has 0 aliphatic carbocycles. The van der Waals surface area contributed by atoms with Crippen LogP contribution in [0.3, 0.4) is 0 Å². The van der Waals surface area contributed by atoms with Crippen molar-refractivity contribution >= 4 is 0 Å². The third kappa shape index (κ3) is 5.11. The quantitative estimate of drug-likeness (QED) is 0.346. The molecule has 6 heteroatoms. The van der Waals surface area contributed by atoms with Crippen molar-refractivity contribution in [2.75, 3.05) is 21.0 Å². The number of hydrogen-bond acceptors (Lipinski definition) is 6. The highest BCUT2D eigenvalue weighted by atomic mass is 16.7. The zero-order chi connectivity index (χ0) is 10.8. The lowest BCUT2D eigenvalue weighted by atomic mass is 10.2. The molecule has 14 heavy (non-hydrogen) atoms. The van der Waals surface area contributed by atoms with E-state index in [0.717, 1.165) is 12.8 Å². The number of likely N-dealkylation sites (N-methyl/N-ethyl adjacent to an activating group) is 1. The molecule has 0 aromatic rings. The third-order valence-electron chi connectivity index (χ3n) is 1.75. The summed E-state index contributed by atoms with van der Waals surface area (Å²) in [5, 5.41) is 5.19. The van der Waals surface area contributed by atoms with Gasteiger partial charge in [-0.05, 0) is 13.5 Å². The number of ether oxygens (including phenoxy) is 2. The Morgan fingerprint density at radius 3 is 2.64 bits per heavy atom. The molecule has 6 nitrogen and oxygen atoms in total. The van der Waals surface area contributed by atoms with E-state index in [1.807, 2.05) is 6.92 Å². The SMILES string of the molecule is CCCC(OCOC)C(NC)ON=O. The molecule has 0 fully saturated rings. The van der Waals surface area contributed by atoms with Crippen molar-refractivity contribution in [1.82, 2.24) is 5.32 Å². The van der Waals surface area contributed by atoms with Gasteiger partial charge in [-0.2, -0.15) is 0 Å². The number of methoxy groups -OCH3 is 1. The Bertz CT molecular complexity index is 145. The van der Waals surface area contributed by atoms with Crippen molar-refractivity contribution in [1.29, 1.82) is 0 Å². The van der Waals surface area contributed by atoms with Crippen molar-refractivity contribution in [3.8, 4) is 0 Å². The number of nitrogens with zero attached hydrogens (tertiary/aromatic N) is 1. The lowest BCUT2D eigenvalue weighted by Crippen LogP contribution is -2.40. The van der Waals surface area contributed by atoms with Crippen molar-refractivity contribution in [2.24, 2.45) is 5.34 Å². The molecule has 0 amide bonds. The normalized spacial score (nSPS) is 14.8. The summed E-state index contributed by atoms with van der Waals surface area (Å²) < 4.78 is 10.1. The fraction of sp³-hybridized carbons (Fsp3) is 1.00. The first-order valence-corrected chi connectivity index (χ1v) is 4.56. The van der Waals surface area contributed by atoms with Crippen LogP contribution in [0, 0.1) is 4.91 Å². The van der Waals surface area contributed by atoms with Crippen molar-refractivity contribution in [2.45, 2.75) is 32.1 Å². The van der Waals surface area contributed by atoms with Crippen molar-refractivity contribution < 1.29 is 14.3 Å². The molecule has 0 aliphatic rings. The summed E-state index contributed by atoms with van der Waals surface area (Å²) in [5.41, 5.74) is 0. The van der Waals surface area contributed by atoms with Gasteiger partial charge in [0, 0.05) is 7.11 Å². The molecular weight excluding hydrogens is 188 g/mol. The smallest absolute Gasteiger partial charge is 0.208 e. The summed E-state index contributed by atoms with van der Waals surface area (Å²) in [5.74, 6) is 0. The van der Waals surface area contributed by atoms with Crippen LogP contribution in [0.4, 0.5) is 0 Å². The van der Waals surface area contributed by atoms with Crippen LogP contribution in [0.15, 0.2) is 5.34 Å². The van der Waals surface area contributed by atoms with E-state index in [0.29, 0.717) is 0 Å². The first-order valence-electron chi connectivity index (χ1n) is 4.56. The van der Waals surface area contributed by atoms with Gasteiger partial charge in [0.2, 0.25) is 6.23 Å². The maximum Gasteiger partial charge on any atom is 0.208 e. The molecule has 1 N–H and O–H groups in total. The molecule has 0 saturated carbocycles. The van der Waals surface area contributed by atoms with Gasteiger partial charge in [0.1, 0.15) is 12.9 Å². The average molecular weight is 206 g/mol. The maximum absolute atomic E-state index is 9.96. The minimum Gasteiger partial charge on any atom is -0.359 e. The van der Waals surface area contributed by atoms with E-state index in [2.05, 4.69) is 15.5 Å². The Balaban J connectivity index is 4.03. The van der Waals surface area contributed by atoms with Gasteiger partial charge in [-0.15, -0.1) is 4.91 Å². The summed E-state index contributed by atoms with van der Waals surface area (Å²) >= 11 is 0. The molecule has 2 atom stereocenters. The van der Waals surface area contributed by atoms with Crippen LogP contribution < -0.4 is 5.32 Å². The largest absolute Gasteiger partial charge is 0.359 e. The molecule has 0 aromatic heterocycles. The van der Waals surface area contributed by atoms with E-state index in [-0.39, 0.29) is 12.9 Å². The van der Waals surface area contributed by atoms with Crippen molar-refractivity contribution in [3.63, 3.8) is 0 Å². The molecule has 0 aliphatic heterocycles. The average Bonchev–Trinajstić information content (AvgIpc) is 2.21. The third-order valence-corrected chi connectivity index (χ3v) is 1.75. The predicted molar refractivity (Wildman–Crippen MR) is 51.4 cm³/mol. The van der Waals surface area contributed by atoms with Gasteiger partial charge in [0.15, 0.2) is 5.34 Å². The summed E-state index contributed by atoms with van der Waals surface area (Å²) in [7, 11) is 3.21. The lowest BCUT2D eigenvalue weighted by Gasteiger charge is -2.23. The first-order chi connectivity index (χ1) is 6.79. The standard InChI is InChI=1S/C8H18N2O4/c1-4-5-7(13-6-12-3)8(9-2)14-10-11/h7-9H,4-6H2,1-3H3. The Morgan fingerprint density at radius 2 is 2.21 bits per heavy atom. The van der Waals surface area contributed by atoms with E-state index in [1.54, 1.807) is 7.05 Å². The van der Waals surface area contributed by atoms with Gasteiger partial charge in [-0.3, -0.25) is 5.32 Å². The summed E-state index contributed by atoms with van der Waals surface area (Å²) in [4.78, 5) is 14.5. The molecule has 0 heterocycles. The second-order valence-electron chi connectivity index (χ2n) is 2.79. The molecule has 84 valence electrons. The van der Waals surface area contributed by atoms with E-state index in [9.17, 15) is 4.91 Å². The zero-order valence-electron chi connectivity index (χ0n) is 8.86. The topological polar surface area (TPSA) is 69.2 Å². The highest BCUT2D eigenvalue weighted by Crippen LogP contribution is 2.09. The molecule has 0 radical (unpaired) electrons. The lowest BCUT2D eigenvalue weighted by molar-refractivity contribution is -0.138. The maximum atomic E-state index is 9.96. The molecule has 0 rings (SSSR count). The Labute approximate surface area is 83.8 Å².